The number of halogens is 1. The number of carbonyl (C=O) groups excluding carboxylic acids is 1. The first-order valence-electron chi connectivity index (χ1n) is 9.88. The second kappa shape index (κ2) is 7.80. The smallest absolute Gasteiger partial charge is 0.256 e. The number of carbonyl (C=O) groups is 1. The Morgan fingerprint density at radius 3 is 2.57 bits per heavy atom. The summed E-state index contributed by atoms with van der Waals surface area (Å²) in [5.74, 6) is -0.0941. The fourth-order valence-corrected chi connectivity index (χ4v) is 4.20. The summed E-state index contributed by atoms with van der Waals surface area (Å²) < 4.78 is 0. The van der Waals surface area contributed by atoms with E-state index in [9.17, 15) is 4.79 Å². The van der Waals surface area contributed by atoms with Gasteiger partial charge in [0.15, 0.2) is 0 Å². The van der Waals surface area contributed by atoms with Crippen molar-refractivity contribution in [2.75, 3.05) is 23.3 Å². The predicted molar refractivity (Wildman–Crippen MR) is 117 cm³/mol. The van der Waals surface area contributed by atoms with Gasteiger partial charge in [-0.3, -0.25) is 9.78 Å². The maximum Gasteiger partial charge on any atom is 0.256 e. The van der Waals surface area contributed by atoms with E-state index in [4.69, 9.17) is 16.6 Å². The summed E-state index contributed by atoms with van der Waals surface area (Å²) in [4.78, 5) is 20.3. The molecule has 4 nitrogen and oxygen atoms in total. The van der Waals surface area contributed by atoms with Crippen molar-refractivity contribution in [1.29, 1.82) is 0 Å². The van der Waals surface area contributed by atoms with Crippen molar-refractivity contribution in [2.24, 2.45) is 0 Å². The predicted octanol–water partition coefficient (Wildman–Crippen LogP) is 5.48. The van der Waals surface area contributed by atoms with Crippen molar-refractivity contribution in [1.82, 2.24) is 4.98 Å². The highest BCUT2D eigenvalue weighted by Crippen LogP contribution is 2.32. The van der Waals surface area contributed by atoms with Crippen LogP contribution >= 0.6 is 11.6 Å². The first-order valence-corrected chi connectivity index (χ1v) is 10.3. The molecule has 144 valence electrons. The van der Waals surface area contributed by atoms with Gasteiger partial charge >= 0.3 is 0 Å². The Bertz CT molecular complexity index is 1030. The van der Waals surface area contributed by atoms with Gasteiger partial charge in [-0.2, -0.15) is 0 Å². The SMILES string of the molecule is CCN(CC)c1ccc(NC(=O)c2c3c(nc4ccc(Cl)cc24)CCC3)cc1. The zero-order chi connectivity index (χ0) is 19.7. The highest BCUT2D eigenvalue weighted by Gasteiger charge is 2.24. The Kier molecular flexibility index (Phi) is 5.23. The number of aryl methyl sites for hydroxylation is 1. The Morgan fingerprint density at radius 2 is 1.86 bits per heavy atom. The van der Waals surface area contributed by atoms with Gasteiger partial charge in [0, 0.05) is 40.6 Å². The third-order valence-electron chi connectivity index (χ3n) is 5.45. The molecule has 0 bridgehead atoms. The molecule has 4 rings (SSSR count). The molecule has 1 aliphatic rings. The average molecular weight is 394 g/mol. The van der Waals surface area contributed by atoms with E-state index < -0.39 is 0 Å². The molecule has 0 radical (unpaired) electrons. The van der Waals surface area contributed by atoms with Crippen LogP contribution in [0.25, 0.3) is 10.9 Å². The molecule has 0 spiro atoms. The summed E-state index contributed by atoms with van der Waals surface area (Å²) in [6, 6.07) is 13.6. The normalized spacial score (nSPS) is 12.8. The third kappa shape index (κ3) is 3.45. The van der Waals surface area contributed by atoms with Crippen LogP contribution in [0.4, 0.5) is 11.4 Å². The van der Waals surface area contributed by atoms with E-state index in [2.05, 4.69) is 36.2 Å². The summed E-state index contributed by atoms with van der Waals surface area (Å²) in [6.07, 6.45) is 2.84. The molecular weight excluding hydrogens is 370 g/mol. The minimum Gasteiger partial charge on any atom is -0.372 e. The molecule has 0 saturated carbocycles. The molecule has 0 aliphatic heterocycles. The molecule has 3 aromatic rings. The van der Waals surface area contributed by atoms with Crippen LogP contribution in [0.1, 0.15) is 41.9 Å². The standard InChI is InChI=1S/C23H24ClN3O/c1-3-27(4-2)17-11-9-16(10-12-17)25-23(28)22-18-6-5-7-20(18)26-21-13-8-15(24)14-19(21)22/h8-14H,3-7H2,1-2H3,(H,25,28). The van der Waals surface area contributed by atoms with Crippen molar-refractivity contribution in [3.8, 4) is 0 Å². The molecular formula is C23H24ClN3O. The van der Waals surface area contributed by atoms with Crippen LogP contribution in [0.15, 0.2) is 42.5 Å². The molecule has 1 amide bonds. The highest BCUT2D eigenvalue weighted by molar-refractivity contribution is 6.31. The number of amides is 1. The molecule has 28 heavy (non-hydrogen) atoms. The number of hydrogen-bond donors (Lipinski definition) is 1. The van der Waals surface area contributed by atoms with Crippen molar-refractivity contribution in [3.63, 3.8) is 0 Å². The van der Waals surface area contributed by atoms with Crippen LogP contribution in [-0.4, -0.2) is 24.0 Å². The van der Waals surface area contributed by atoms with E-state index in [-0.39, 0.29) is 5.91 Å². The second-order valence-corrected chi connectivity index (χ2v) is 7.54. The molecule has 5 heteroatoms. The number of nitrogens with zero attached hydrogens (tertiary/aromatic N) is 2. The summed E-state index contributed by atoms with van der Waals surface area (Å²) >= 11 is 6.22. The Morgan fingerprint density at radius 1 is 1.11 bits per heavy atom. The van der Waals surface area contributed by atoms with Gasteiger partial charge in [0.2, 0.25) is 0 Å². The van der Waals surface area contributed by atoms with Crippen molar-refractivity contribution >= 4 is 39.8 Å². The maximum atomic E-state index is 13.2. The molecule has 1 aromatic heterocycles. The minimum absolute atomic E-state index is 0.0941. The molecule has 1 N–H and O–H groups in total. The number of fused-ring (bicyclic) bond motifs is 2. The summed E-state index contributed by atoms with van der Waals surface area (Å²) in [5, 5.41) is 4.51. The van der Waals surface area contributed by atoms with Gasteiger partial charge in [0.05, 0.1) is 11.1 Å². The summed E-state index contributed by atoms with van der Waals surface area (Å²) in [7, 11) is 0. The minimum atomic E-state index is -0.0941. The highest BCUT2D eigenvalue weighted by atomic mass is 35.5. The summed E-state index contributed by atoms with van der Waals surface area (Å²) in [5.41, 5.74) is 5.59. The molecule has 0 unspecified atom stereocenters. The number of nitrogens with one attached hydrogen (secondary N) is 1. The first kappa shape index (κ1) is 18.8. The molecule has 0 fully saturated rings. The van der Waals surface area contributed by atoms with Gasteiger partial charge in [0.1, 0.15) is 0 Å². The van der Waals surface area contributed by atoms with Crippen LogP contribution in [0.5, 0.6) is 0 Å². The molecule has 2 aromatic carbocycles. The Hall–Kier alpha value is -2.59. The lowest BCUT2D eigenvalue weighted by atomic mass is 10.0. The van der Waals surface area contributed by atoms with Crippen LogP contribution in [0, 0.1) is 0 Å². The lowest BCUT2D eigenvalue weighted by Gasteiger charge is -2.21. The van der Waals surface area contributed by atoms with E-state index in [0.29, 0.717) is 10.6 Å². The van der Waals surface area contributed by atoms with Gasteiger partial charge in [0.25, 0.3) is 5.91 Å². The Balaban J connectivity index is 1.69. The van der Waals surface area contributed by atoms with Crippen LogP contribution < -0.4 is 10.2 Å². The number of benzene rings is 2. The number of aromatic nitrogens is 1. The van der Waals surface area contributed by atoms with Crippen molar-refractivity contribution in [3.05, 3.63) is 64.3 Å². The average Bonchev–Trinajstić information content (AvgIpc) is 3.16. The number of rotatable bonds is 5. The zero-order valence-electron chi connectivity index (χ0n) is 16.3. The van der Waals surface area contributed by atoms with Gasteiger partial charge in [-0.05, 0) is 81.1 Å². The van der Waals surface area contributed by atoms with Crippen LogP contribution in [0.3, 0.4) is 0 Å². The number of pyridine rings is 1. The van der Waals surface area contributed by atoms with E-state index in [1.807, 2.05) is 30.3 Å². The fraction of sp³-hybridized carbons (Fsp3) is 0.304. The van der Waals surface area contributed by atoms with Gasteiger partial charge < -0.3 is 10.2 Å². The fourth-order valence-electron chi connectivity index (χ4n) is 4.03. The van der Waals surface area contributed by atoms with Gasteiger partial charge in [-0.1, -0.05) is 11.6 Å². The maximum absolute atomic E-state index is 13.2. The second-order valence-electron chi connectivity index (χ2n) is 7.10. The molecule has 0 saturated heterocycles. The van der Waals surface area contributed by atoms with Crippen LogP contribution in [0.2, 0.25) is 5.02 Å². The van der Waals surface area contributed by atoms with E-state index in [0.717, 1.165) is 65.9 Å². The molecule has 1 heterocycles. The van der Waals surface area contributed by atoms with E-state index in [1.54, 1.807) is 0 Å². The van der Waals surface area contributed by atoms with Crippen molar-refractivity contribution in [2.45, 2.75) is 33.1 Å². The quantitative estimate of drug-likeness (QED) is 0.624. The van der Waals surface area contributed by atoms with Gasteiger partial charge in [-0.15, -0.1) is 0 Å². The molecule has 1 aliphatic carbocycles. The Labute approximate surface area is 170 Å². The number of anilines is 2. The lowest BCUT2D eigenvalue weighted by Crippen LogP contribution is -2.21. The van der Waals surface area contributed by atoms with E-state index >= 15 is 0 Å². The van der Waals surface area contributed by atoms with E-state index in [1.165, 1.54) is 0 Å². The zero-order valence-corrected chi connectivity index (χ0v) is 17.0. The number of hydrogen-bond acceptors (Lipinski definition) is 3. The topological polar surface area (TPSA) is 45.2 Å². The first-order chi connectivity index (χ1) is 13.6. The lowest BCUT2D eigenvalue weighted by molar-refractivity contribution is 0.102. The third-order valence-corrected chi connectivity index (χ3v) is 5.69. The monoisotopic (exact) mass is 393 g/mol. The van der Waals surface area contributed by atoms with Crippen LogP contribution in [-0.2, 0) is 12.8 Å². The van der Waals surface area contributed by atoms with Crippen molar-refractivity contribution < 1.29 is 4.79 Å². The summed E-state index contributed by atoms with van der Waals surface area (Å²) in [6.45, 7) is 6.19. The largest absolute Gasteiger partial charge is 0.372 e. The van der Waals surface area contributed by atoms with Gasteiger partial charge in [-0.25, -0.2) is 0 Å². The molecule has 0 atom stereocenters.